The molecule has 0 saturated heterocycles. The quantitative estimate of drug-likeness (QED) is 0.892. The molecule has 1 aromatic rings. The minimum Gasteiger partial charge on any atom is -0.356 e. The summed E-state index contributed by atoms with van der Waals surface area (Å²) in [5.41, 5.74) is 3.24. The molecule has 1 heterocycles. The normalized spacial score (nSPS) is 13.9. The molecule has 1 aromatic carbocycles. The van der Waals surface area contributed by atoms with Crippen molar-refractivity contribution >= 4 is 17.5 Å². The molecule has 1 N–H and O–H groups in total. The first-order valence-electron chi connectivity index (χ1n) is 6.65. The van der Waals surface area contributed by atoms with Gasteiger partial charge in [-0.25, -0.2) is 0 Å². The first-order valence-corrected chi connectivity index (χ1v) is 6.65. The number of benzene rings is 1. The summed E-state index contributed by atoms with van der Waals surface area (Å²) in [7, 11) is 1.80. The van der Waals surface area contributed by atoms with Crippen molar-refractivity contribution in [2.45, 2.75) is 26.7 Å². The van der Waals surface area contributed by atoms with Crippen LogP contribution in [0.25, 0.3) is 0 Å². The molecule has 0 radical (unpaired) electrons. The average Bonchev–Trinajstić information content (AvgIpc) is 2.64. The Morgan fingerprint density at radius 2 is 2.16 bits per heavy atom. The average molecular weight is 260 g/mol. The lowest BCUT2D eigenvalue weighted by Crippen LogP contribution is -2.29. The van der Waals surface area contributed by atoms with Crippen LogP contribution in [0.3, 0.4) is 0 Å². The van der Waals surface area contributed by atoms with Crippen molar-refractivity contribution in [3.63, 3.8) is 0 Å². The van der Waals surface area contributed by atoms with Gasteiger partial charge in [-0.3, -0.25) is 9.59 Å². The fourth-order valence-electron chi connectivity index (χ4n) is 2.21. The molecule has 0 atom stereocenters. The number of nitrogens with zero attached hydrogens (tertiary/aromatic N) is 1. The summed E-state index contributed by atoms with van der Waals surface area (Å²) in [4.78, 5) is 24.7. The highest BCUT2D eigenvalue weighted by Gasteiger charge is 2.23. The molecule has 0 unspecified atom stereocenters. The Hall–Kier alpha value is -1.84. The van der Waals surface area contributed by atoms with Crippen LogP contribution in [-0.4, -0.2) is 25.4 Å². The van der Waals surface area contributed by atoms with E-state index in [1.165, 1.54) is 0 Å². The Labute approximate surface area is 113 Å². The van der Waals surface area contributed by atoms with Crippen LogP contribution in [0.4, 0.5) is 5.69 Å². The monoisotopic (exact) mass is 260 g/mol. The third-order valence-corrected chi connectivity index (χ3v) is 3.46. The summed E-state index contributed by atoms with van der Waals surface area (Å²) in [5, 5.41) is 2.90. The van der Waals surface area contributed by atoms with Gasteiger partial charge >= 0.3 is 0 Å². The molecular weight excluding hydrogens is 240 g/mol. The summed E-state index contributed by atoms with van der Waals surface area (Å²) in [5.74, 6) is 0.239. The van der Waals surface area contributed by atoms with Crippen molar-refractivity contribution in [2.24, 2.45) is 5.92 Å². The lowest BCUT2D eigenvalue weighted by molar-refractivity contribution is -0.124. The van der Waals surface area contributed by atoms with Crippen molar-refractivity contribution in [1.29, 1.82) is 0 Å². The minimum absolute atomic E-state index is 0.0197. The molecular formula is C15H20N2O2. The second kappa shape index (κ2) is 5.43. The van der Waals surface area contributed by atoms with E-state index >= 15 is 0 Å². The number of rotatable bonds is 4. The highest BCUT2D eigenvalue weighted by atomic mass is 16.2. The number of carbonyl (C=O) groups is 2. The molecule has 4 nitrogen and oxygen atoms in total. The molecule has 4 heteroatoms. The number of carbonyl (C=O) groups excluding carboxylic acids is 2. The molecule has 0 spiro atoms. The van der Waals surface area contributed by atoms with Crippen molar-refractivity contribution < 1.29 is 9.59 Å². The predicted molar refractivity (Wildman–Crippen MR) is 75.1 cm³/mol. The Balaban J connectivity index is 1.95. The van der Waals surface area contributed by atoms with Crippen molar-refractivity contribution in [2.75, 3.05) is 18.5 Å². The van der Waals surface area contributed by atoms with Crippen molar-refractivity contribution in [3.05, 3.63) is 29.3 Å². The van der Waals surface area contributed by atoms with Crippen LogP contribution < -0.4 is 10.2 Å². The summed E-state index contributed by atoms with van der Waals surface area (Å²) in [6, 6.07) is 6.08. The summed E-state index contributed by atoms with van der Waals surface area (Å²) in [6.45, 7) is 4.40. The zero-order valence-corrected chi connectivity index (χ0v) is 11.7. The van der Waals surface area contributed by atoms with E-state index in [4.69, 9.17) is 0 Å². The Morgan fingerprint density at radius 3 is 2.84 bits per heavy atom. The van der Waals surface area contributed by atoms with Crippen LogP contribution in [-0.2, 0) is 22.4 Å². The lowest BCUT2D eigenvalue weighted by Gasteiger charge is -2.11. The van der Waals surface area contributed by atoms with Crippen LogP contribution in [0.5, 0.6) is 0 Å². The van der Waals surface area contributed by atoms with E-state index in [-0.39, 0.29) is 17.7 Å². The standard InChI is InChI=1S/C15H20N2O2/c1-10(2)15(19)16-7-6-11-4-5-13-12(8-11)9-14(18)17(13)3/h4-5,8,10H,6-7,9H2,1-3H3,(H,16,19). The topological polar surface area (TPSA) is 49.4 Å². The van der Waals surface area contributed by atoms with Gasteiger partial charge in [-0.2, -0.15) is 0 Å². The molecule has 2 amide bonds. The van der Waals surface area contributed by atoms with Gasteiger partial charge in [0.15, 0.2) is 0 Å². The highest BCUT2D eigenvalue weighted by molar-refractivity contribution is 6.00. The number of amides is 2. The zero-order valence-electron chi connectivity index (χ0n) is 11.7. The smallest absolute Gasteiger partial charge is 0.231 e. The van der Waals surface area contributed by atoms with Gasteiger partial charge in [-0.05, 0) is 23.6 Å². The van der Waals surface area contributed by atoms with E-state index in [0.717, 1.165) is 23.2 Å². The van der Waals surface area contributed by atoms with Gasteiger partial charge in [-0.15, -0.1) is 0 Å². The van der Waals surface area contributed by atoms with Crippen LogP contribution in [0.2, 0.25) is 0 Å². The molecule has 0 aromatic heterocycles. The van der Waals surface area contributed by atoms with Crippen molar-refractivity contribution in [1.82, 2.24) is 5.32 Å². The molecule has 0 bridgehead atoms. The molecule has 1 aliphatic rings. The molecule has 102 valence electrons. The van der Waals surface area contributed by atoms with Crippen LogP contribution in [0.1, 0.15) is 25.0 Å². The van der Waals surface area contributed by atoms with E-state index in [9.17, 15) is 9.59 Å². The van der Waals surface area contributed by atoms with Crippen molar-refractivity contribution in [3.8, 4) is 0 Å². The summed E-state index contributed by atoms with van der Waals surface area (Å²) in [6.07, 6.45) is 1.28. The predicted octanol–water partition coefficient (Wildman–Crippen LogP) is 1.52. The summed E-state index contributed by atoms with van der Waals surface area (Å²) < 4.78 is 0. The number of hydrogen-bond donors (Lipinski definition) is 1. The second-order valence-electron chi connectivity index (χ2n) is 5.29. The molecule has 2 rings (SSSR count). The van der Waals surface area contributed by atoms with E-state index < -0.39 is 0 Å². The van der Waals surface area contributed by atoms with Gasteiger partial charge < -0.3 is 10.2 Å². The highest BCUT2D eigenvalue weighted by Crippen LogP contribution is 2.28. The van der Waals surface area contributed by atoms with E-state index in [2.05, 4.69) is 11.4 Å². The maximum Gasteiger partial charge on any atom is 0.231 e. The SMILES string of the molecule is CC(C)C(=O)NCCc1ccc2c(c1)CC(=O)N2C. The third-order valence-electron chi connectivity index (χ3n) is 3.46. The van der Waals surface area contributed by atoms with Gasteiger partial charge in [0.2, 0.25) is 11.8 Å². The van der Waals surface area contributed by atoms with Gasteiger partial charge in [0, 0.05) is 25.2 Å². The van der Waals surface area contributed by atoms with E-state index in [1.807, 2.05) is 26.0 Å². The summed E-state index contributed by atoms with van der Waals surface area (Å²) >= 11 is 0. The van der Waals surface area contributed by atoms with E-state index in [0.29, 0.717) is 13.0 Å². The van der Waals surface area contributed by atoms with Gasteiger partial charge in [0.1, 0.15) is 0 Å². The number of fused-ring (bicyclic) bond motifs is 1. The maximum atomic E-state index is 11.6. The van der Waals surface area contributed by atoms with Crippen LogP contribution in [0, 0.1) is 5.92 Å². The van der Waals surface area contributed by atoms with Gasteiger partial charge in [-0.1, -0.05) is 26.0 Å². The molecule has 0 saturated carbocycles. The third kappa shape index (κ3) is 2.95. The van der Waals surface area contributed by atoms with Gasteiger partial charge in [0.25, 0.3) is 0 Å². The lowest BCUT2D eigenvalue weighted by atomic mass is 10.1. The number of likely N-dealkylation sites (N-methyl/N-ethyl adjacent to an activating group) is 1. The minimum atomic E-state index is 0.0197. The van der Waals surface area contributed by atoms with Crippen LogP contribution >= 0.6 is 0 Å². The fraction of sp³-hybridized carbons (Fsp3) is 0.467. The first kappa shape index (κ1) is 13.6. The number of hydrogen-bond acceptors (Lipinski definition) is 2. The van der Waals surface area contributed by atoms with E-state index in [1.54, 1.807) is 11.9 Å². The Morgan fingerprint density at radius 1 is 1.42 bits per heavy atom. The zero-order chi connectivity index (χ0) is 14.0. The molecule has 1 aliphatic heterocycles. The fourth-order valence-corrected chi connectivity index (χ4v) is 2.21. The second-order valence-corrected chi connectivity index (χ2v) is 5.29. The largest absolute Gasteiger partial charge is 0.356 e. The number of anilines is 1. The Bertz CT molecular complexity index is 509. The van der Waals surface area contributed by atoms with Crippen LogP contribution in [0.15, 0.2) is 18.2 Å². The molecule has 0 aliphatic carbocycles. The number of nitrogens with one attached hydrogen (secondary N) is 1. The molecule has 19 heavy (non-hydrogen) atoms. The maximum absolute atomic E-state index is 11.6. The molecule has 0 fully saturated rings. The van der Waals surface area contributed by atoms with Gasteiger partial charge in [0.05, 0.1) is 6.42 Å². The Kier molecular flexibility index (Phi) is 3.88. The first-order chi connectivity index (χ1) is 8.99.